The number of benzene rings is 2. The average Bonchev–Trinajstić information content (AvgIpc) is 2.78. The van der Waals surface area contributed by atoms with E-state index in [0.717, 1.165) is 0 Å². The van der Waals surface area contributed by atoms with Crippen LogP contribution >= 0.6 is 0 Å². The van der Waals surface area contributed by atoms with E-state index in [0.29, 0.717) is 54.3 Å². The van der Waals surface area contributed by atoms with Crippen LogP contribution in [0.1, 0.15) is 33.6 Å². The highest BCUT2D eigenvalue weighted by Gasteiger charge is 2.26. The summed E-state index contributed by atoms with van der Waals surface area (Å²) in [6, 6.07) is 12.3. The van der Waals surface area contributed by atoms with Crippen LogP contribution in [-0.4, -0.2) is 57.2 Å². The molecule has 0 spiro atoms. The van der Waals surface area contributed by atoms with Gasteiger partial charge in [-0.2, -0.15) is 0 Å². The zero-order chi connectivity index (χ0) is 20.8. The molecule has 0 radical (unpaired) electrons. The van der Waals surface area contributed by atoms with Gasteiger partial charge in [-0.1, -0.05) is 12.1 Å². The molecule has 2 aromatic rings. The molecule has 1 heterocycles. The second-order valence-corrected chi connectivity index (χ2v) is 6.81. The van der Waals surface area contributed by atoms with Crippen molar-refractivity contribution < 1.29 is 23.8 Å². The Morgan fingerprint density at radius 1 is 0.897 bits per heavy atom. The molecule has 29 heavy (non-hydrogen) atoms. The fourth-order valence-electron chi connectivity index (χ4n) is 3.47. The quantitative estimate of drug-likeness (QED) is 0.810. The fraction of sp³-hybridized carbons (Fsp3) is 0.364. The molecule has 1 aliphatic heterocycles. The van der Waals surface area contributed by atoms with Gasteiger partial charge in [0.15, 0.2) is 11.5 Å². The number of carbonyl (C=O) groups is 2. The normalized spacial score (nSPS) is 14.2. The van der Waals surface area contributed by atoms with Crippen molar-refractivity contribution in [2.75, 3.05) is 34.4 Å². The maximum Gasteiger partial charge on any atom is 0.255 e. The Kier molecular flexibility index (Phi) is 6.59. The molecular weight excluding hydrogens is 372 g/mol. The van der Waals surface area contributed by atoms with Crippen LogP contribution < -0.4 is 19.5 Å². The van der Waals surface area contributed by atoms with E-state index in [4.69, 9.17) is 14.2 Å². The number of nitrogens with zero attached hydrogens (tertiary/aromatic N) is 1. The number of hydrogen-bond acceptors (Lipinski definition) is 5. The lowest BCUT2D eigenvalue weighted by Crippen LogP contribution is -2.46. The summed E-state index contributed by atoms with van der Waals surface area (Å²) in [5, 5.41) is 3.05. The Hall–Kier alpha value is -3.22. The molecule has 2 amide bonds. The van der Waals surface area contributed by atoms with Crippen molar-refractivity contribution in [3.63, 3.8) is 0 Å². The second kappa shape index (κ2) is 9.32. The summed E-state index contributed by atoms with van der Waals surface area (Å²) in [4.78, 5) is 27.2. The number of rotatable bonds is 6. The highest BCUT2D eigenvalue weighted by atomic mass is 16.5. The van der Waals surface area contributed by atoms with Crippen LogP contribution in [0.5, 0.6) is 17.2 Å². The number of hydrogen-bond donors (Lipinski definition) is 1. The van der Waals surface area contributed by atoms with Crippen LogP contribution in [-0.2, 0) is 0 Å². The molecule has 0 saturated carbocycles. The predicted molar refractivity (Wildman–Crippen MR) is 109 cm³/mol. The molecule has 0 unspecified atom stereocenters. The molecule has 1 fully saturated rings. The van der Waals surface area contributed by atoms with E-state index in [1.807, 2.05) is 12.1 Å². The second-order valence-electron chi connectivity index (χ2n) is 6.81. The van der Waals surface area contributed by atoms with Crippen molar-refractivity contribution in [3.8, 4) is 17.2 Å². The third kappa shape index (κ3) is 4.62. The maximum atomic E-state index is 12.8. The van der Waals surface area contributed by atoms with Crippen molar-refractivity contribution in [2.24, 2.45) is 0 Å². The van der Waals surface area contributed by atoms with Gasteiger partial charge >= 0.3 is 0 Å². The lowest BCUT2D eigenvalue weighted by molar-refractivity contribution is 0.0697. The van der Waals surface area contributed by atoms with Gasteiger partial charge in [-0.05, 0) is 43.2 Å². The first-order chi connectivity index (χ1) is 14.1. The van der Waals surface area contributed by atoms with Crippen LogP contribution in [0.25, 0.3) is 0 Å². The van der Waals surface area contributed by atoms with E-state index in [1.54, 1.807) is 56.6 Å². The van der Waals surface area contributed by atoms with E-state index in [-0.39, 0.29) is 17.9 Å². The highest BCUT2D eigenvalue weighted by Crippen LogP contribution is 2.28. The fourth-order valence-corrected chi connectivity index (χ4v) is 3.47. The predicted octanol–water partition coefficient (Wildman–Crippen LogP) is 2.75. The summed E-state index contributed by atoms with van der Waals surface area (Å²) in [6.07, 6.45) is 1.39. The Morgan fingerprint density at radius 2 is 1.55 bits per heavy atom. The van der Waals surface area contributed by atoms with Crippen LogP contribution in [0.3, 0.4) is 0 Å². The summed E-state index contributed by atoms with van der Waals surface area (Å²) in [5.74, 6) is 1.44. The number of ether oxygens (including phenoxy) is 3. The van der Waals surface area contributed by atoms with E-state index in [1.165, 1.54) is 0 Å². The molecule has 0 aromatic heterocycles. The average molecular weight is 398 g/mol. The minimum Gasteiger partial charge on any atom is -0.496 e. The number of piperidine rings is 1. The molecule has 2 aromatic carbocycles. The van der Waals surface area contributed by atoms with Crippen molar-refractivity contribution in [1.82, 2.24) is 10.2 Å². The summed E-state index contributed by atoms with van der Waals surface area (Å²) < 4.78 is 15.8. The molecule has 1 aliphatic rings. The topological polar surface area (TPSA) is 77.1 Å². The first-order valence-corrected chi connectivity index (χ1v) is 9.52. The molecule has 1 N–H and O–H groups in total. The van der Waals surface area contributed by atoms with Gasteiger partial charge in [-0.3, -0.25) is 9.59 Å². The zero-order valence-electron chi connectivity index (χ0n) is 16.9. The third-order valence-corrected chi connectivity index (χ3v) is 5.10. The molecule has 1 saturated heterocycles. The van der Waals surface area contributed by atoms with Crippen molar-refractivity contribution in [2.45, 2.75) is 18.9 Å². The Bertz CT molecular complexity index is 875. The minimum atomic E-state index is -0.160. The largest absolute Gasteiger partial charge is 0.496 e. The third-order valence-electron chi connectivity index (χ3n) is 5.10. The number of carbonyl (C=O) groups excluding carboxylic acids is 2. The standard InChI is InChI=1S/C22H26N2O5/c1-27-18-7-5-4-6-17(18)21(25)23-16-10-12-24(13-11-16)22(26)15-8-9-19(28-2)20(14-15)29-3/h4-9,14,16H,10-13H2,1-3H3,(H,23,25). The zero-order valence-corrected chi connectivity index (χ0v) is 16.9. The van der Waals surface area contributed by atoms with Gasteiger partial charge in [0.05, 0.1) is 26.9 Å². The van der Waals surface area contributed by atoms with E-state index in [2.05, 4.69) is 5.32 Å². The molecule has 7 heteroatoms. The van der Waals surface area contributed by atoms with Gasteiger partial charge in [0.1, 0.15) is 5.75 Å². The Balaban J connectivity index is 1.59. The first kappa shape index (κ1) is 20.5. The maximum absolute atomic E-state index is 12.8. The number of amides is 2. The molecule has 7 nitrogen and oxygen atoms in total. The van der Waals surface area contributed by atoms with Crippen molar-refractivity contribution >= 4 is 11.8 Å². The first-order valence-electron chi connectivity index (χ1n) is 9.52. The van der Waals surface area contributed by atoms with E-state index < -0.39 is 0 Å². The number of likely N-dealkylation sites (tertiary alicyclic amines) is 1. The van der Waals surface area contributed by atoms with Crippen molar-refractivity contribution in [3.05, 3.63) is 53.6 Å². The van der Waals surface area contributed by atoms with E-state index >= 15 is 0 Å². The van der Waals surface area contributed by atoms with Gasteiger partial charge in [-0.25, -0.2) is 0 Å². The monoisotopic (exact) mass is 398 g/mol. The Labute approximate surface area is 170 Å². The van der Waals surface area contributed by atoms with Crippen LogP contribution in [0.15, 0.2) is 42.5 Å². The molecule has 0 bridgehead atoms. The van der Waals surface area contributed by atoms with Gasteiger partial charge in [0.25, 0.3) is 11.8 Å². The summed E-state index contributed by atoms with van der Waals surface area (Å²) in [6.45, 7) is 1.15. The van der Waals surface area contributed by atoms with Crippen molar-refractivity contribution in [1.29, 1.82) is 0 Å². The summed E-state index contributed by atoms with van der Waals surface area (Å²) in [7, 11) is 4.65. The van der Waals surface area contributed by atoms with E-state index in [9.17, 15) is 9.59 Å². The summed E-state index contributed by atoms with van der Waals surface area (Å²) >= 11 is 0. The van der Waals surface area contributed by atoms with Gasteiger partial charge in [0, 0.05) is 24.7 Å². The lowest BCUT2D eigenvalue weighted by Gasteiger charge is -2.32. The smallest absolute Gasteiger partial charge is 0.255 e. The number of methoxy groups -OCH3 is 3. The van der Waals surface area contributed by atoms with Crippen LogP contribution in [0, 0.1) is 0 Å². The molecule has 0 atom stereocenters. The minimum absolute atomic E-state index is 0.0156. The Morgan fingerprint density at radius 3 is 2.21 bits per heavy atom. The molecular formula is C22H26N2O5. The van der Waals surface area contributed by atoms with Crippen LogP contribution in [0.2, 0.25) is 0 Å². The van der Waals surface area contributed by atoms with Gasteiger partial charge < -0.3 is 24.4 Å². The highest BCUT2D eigenvalue weighted by molar-refractivity contribution is 5.97. The van der Waals surface area contributed by atoms with Gasteiger partial charge in [-0.15, -0.1) is 0 Å². The SMILES string of the molecule is COc1ccc(C(=O)N2CCC(NC(=O)c3ccccc3OC)CC2)cc1OC. The van der Waals surface area contributed by atoms with Gasteiger partial charge in [0.2, 0.25) is 0 Å². The molecule has 3 rings (SSSR count). The number of nitrogens with one attached hydrogen (secondary N) is 1. The number of para-hydroxylation sites is 1. The summed E-state index contributed by atoms with van der Waals surface area (Å²) in [5.41, 5.74) is 1.07. The van der Waals surface area contributed by atoms with Crippen LogP contribution in [0.4, 0.5) is 0 Å². The molecule has 154 valence electrons. The lowest BCUT2D eigenvalue weighted by atomic mass is 10.0. The molecule has 0 aliphatic carbocycles.